The van der Waals surface area contributed by atoms with Crippen LogP contribution in [0.1, 0.15) is 45.5 Å². The molecule has 4 heteroatoms. The van der Waals surface area contributed by atoms with Crippen molar-refractivity contribution in [3.63, 3.8) is 0 Å². The molecule has 1 aromatic carbocycles. The highest BCUT2D eigenvalue weighted by molar-refractivity contribution is 6.01. The van der Waals surface area contributed by atoms with Gasteiger partial charge in [-0.05, 0) is 63.4 Å². The van der Waals surface area contributed by atoms with Crippen molar-refractivity contribution >= 4 is 11.6 Å². The molecule has 0 atom stereocenters. The van der Waals surface area contributed by atoms with Crippen LogP contribution in [0.5, 0.6) is 0 Å². The first-order chi connectivity index (χ1) is 9.88. The highest BCUT2D eigenvalue weighted by Crippen LogP contribution is 2.14. The van der Waals surface area contributed by atoms with Gasteiger partial charge in [-0.2, -0.15) is 5.10 Å². The summed E-state index contributed by atoms with van der Waals surface area (Å²) in [4.78, 5) is 12.1. The van der Waals surface area contributed by atoms with Crippen LogP contribution in [0.2, 0.25) is 0 Å². The van der Waals surface area contributed by atoms with Crippen LogP contribution in [0.4, 0.5) is 0 Å². The Hall–Kier alpha value is -2.36. The summed E-state index contributed by atoms with van der Waals surface area (Å²) < 4.78 is 5.35. The molecule has 110 valence electrons. The van der Waals surface area contributed by atoms with Crippen molar-refractivity contribution in [3.05, 3.63) is 58.0 Å². The number of amides is 1. The largest absolute Gasteiger partial charge is 0.466 e. The Kier molecular flexibility index (Phi) is 4.26. The lowest BCUT2D eigenvalue weighted by Gasteiger charge is -2.05. The molecule has 0 aliphatic carbocycles. The van der Waals surface area contributed by atoms with E-state index in [-0.39, 0.29) is 5.91 Å². The fraction of sp³-hybridized carbons (Fsp3) is 0.294. The molecule has 0 spiro atoms. The molecule has 2 aromatic rings. The monoisotopic (exact) mass is 284 g/mol. The minimum Gasteiger partial charge on any atom is -0.466 e. The van der Waals surface area contributed by atoms with Crippen molar-refractivity contribution < 1.29 is 9.21 Å². The van der Waals surface area contributed by atoms with Gasteiger partial charge in [0.15, 0.2) is 0 Å². The van der Waals surface area contributed by atoms with Gasteiger partial charge in [-0.3, -0.25) is 4.79 Å². The van der Waals surface area contributed by atoms with Crippen molar-refractivity contribution in [1.29, 1.82) is 0 Å². The van der Waals surface area contributed by atoms with Crippen molar-refractivity contribution in [1.82, 2.24) is 5.43 Å². The summed E-state index contributed by atoms with van der Waals surface area (Å²) in [5.74, 6) is 1.06. The number of aryl methyl sites for hydroxylation is 4. The molecule has 0 saturated heterocycles. The lowest BCUT2D eigenvalue weighted by atomic mass is 10.0. The van der Waals surface area contributed by atoms with E-state index >= 15 is 0 Å². The molecule has 0 unspecified atom stereocenters. The maximum Gasteiger partial charge on any atom is 0.274 e. The third kappa shape index (κ3) is 3.40. The number of benzene rings is 1. The van der Waals surface area contributed by atoms with Crippen LogP contribution in [0.15, 0.2) is 33.8 Å². The lowest BCUT2D eigenvalue weighted by molar-refractivity contribution is 0.0953. The number of nitrogens with one attached hydrogen (secondary N) is 1. The highest BCUT2D eigenvalue weighted by atomic mass is 16.3. The minimum atomic E-state index is -0.257. The predicted octanol–water partition coefficient (Wildman–Crippen LogP) is 3.67. The van der Waals surface area contributed by atoms with Crippen molar-refractivity contribution in [2.45, 2.75) is 34.6 Å². The fourth-order valence-corrected chi connectivity index (χ4v) is 2.08. The van der Waals surface area contributed by atoms with Crippen molar-refractivity contribution in [3.8, 4) is 0 Å². The quantitative estimate of drug-likeness (QED) is 0.690. The van der Waals surface area contributed by atoms with Crippen LogP contribution >= 0.6 is 0 Å². The Balaban J connectivity index is 2.14. The number of hydrogen-bond acceptors (Lipinski definition) is 3. The summed E-state index contributed by atoms with van der Waals surface area (Å²) in [6.07, 6.45) is 0. The number of carbonyl (C=O) groups is 1. The molecule has 0 radical (unpaired) electrons. The van der Waals surface area contributed by atoms with E-state index in [1.54, 1.807) is 13.0 Å². The Morgan fingerprint density at radius 3 is 2.38 bits per heavy atom. The van der Waals surface area contributed by atoms with E-state index in [0.29, 0.717) is 17.1 Å². The van der Waals surface area contributed by atoms with Crippen molar-refractivity contribution in [2.24, 2.45) is 5.10 Å². The number of furan rings is 1. The first kappa shape index (κ1) is 15.0. The molecule has 0 aliphatic heterocycles. The van der Waals surface area contributed by atoms with Gasteiger partial charge >= 0.3 is 0 Å². The highest BCUT2D eigenvalue weighted by Gasteiger charge is 2.12. The summed E-state index contributed by atoms with van der Waals surface area (Å²) in [6.45, 7) is 9.58. The third-order valence-electron chi connectivity index (χ3n) is 3.54. The van der Waals surface area contributed by atoms with Gasteiger partial charge in [-0.25, -0.2) is 5.43 Å². The lowest BCUT2D eigenvalue weighted by Crippen LogP contribution is -2.19. The molecule has 0 saturated carbocycles. The number of hydrazone groups is 1. The van der Waals surface area contributed by atoms with Crippen LogP contribution in [-0.2, 0) is 0 Å². The van der Waals surface area contributed by atoms with Gasteiger partial charge in [-0.15, -0.1) is 0 Å². The second-order valence-electron chi connectivity index (χ2n) is 5.26. The topological polar surface area (TPSA) is 54.6 Å². The summed E-state index contributed by atoms with van der Waals surface area (Å²) in [7, 11) is 0. The van der Waals surface area contributed by atoms with Gasteiger partial charge in [0.1, 0.15) is 11.5 Å². The van der Waals surface area contributed by atoms with Crippen LogP contribution in [0, 0.1) is 27.7 Å². The van der Waals surface area contributed by atoms with Crippen LogP contribution in [0.3, 0.4) is 0 Å². The van der Waals surface area contributed by atoms with E-state index < -0.39 is 0 Å². The van der Waals surface area contributed by atoms with Gasteiger partial charge in [0.2, 0.25) is 0 Å². The minimum absolute atomic E-state index is 0.257. The Morgan fingerprint density at radius 2 is 1.81 bits per heavy atom. The van der Waals surface area contributed by atoms with Crippen LogP contribution in [-0.4, -0.2) is 11.6 Å². The maximum atomic E-state index is 12.1. The number of carbonyl (C=O) groups excluding carboxylic acids is 1. The molecular formula is C17H20N2O2. The molecule has 0 aliphatic rings. The second kappa shape index (κ2) is 5.95. The molecule has 2 rings (SSSR count). The Labute approximate surface area is 124 Å². The molecule has 1 N–H and O–H groups in total. The SMILES string of the molecule is C/C(=N\NC(=O)c1cc(C)oc1C)c1ccc(C)c(C)c1. The summed E-state index contributed by atoms with van der Waals surface area (Å²) in [5, 5.41) is 4.17. The zero-order chi connectivity index (χ0) is 15.6. The predicted molar refractivity (Wildman–Crippen MR) is 83.8 cm³/mol. The summed E-state index contributed by atoms with van der Waals surface area (Å²) in [5.41, 5.74) is 7.30. The smallest absolute Gasteiger partial charge is 0.274 e. The van der Waals surface area contributed by atoms with Gasteiger partial charge in [0.05, 0.1) is 11.3 Å². The van der Waals surface area contributed by atoms with E-state index in [2.05, 4.69) is 36.5 Å². The second-order valence-corrected chi connectivity index (χ2v) is 5.26. The average molecular weight is 284 g/mol. The average Bonchev–Trinajstić information content (AvgIpc) is 2.77. The first-order valence-electron chi connectivity index (χ1n) is 6.87. The van der Waals surface area contributed by atoms with E-state index in [4.69, 9.17) is 4.42 Å². The molecule has 1 amide bonds. The molecule has 1 heterocycles. The van der Waals surface area contributed by atoms with Crippen molar-refractivity contribution in [2.75, 3.05) is 0 Å². The molecule has 4 nitrogen and oxygen atoms in total. The molecule has 0 fully saturated rings. The van der Waals surface area contributed by atoms with E-state index in [1.807, 2.05) is 19.9 Å². The third-order valence-corrected chi connectivity index (χ3v) is 3.54. The van der Waals surface area contributed by atoms with Crippen LogP contribution in [0.25, 0.3) is 0 Å². The first-order valence-corrected chi connectivity index (χ1v) is 6.87. The molecule has 0 bridgehead atoms. The normalized spacial score (nSPS) is 11.6. The molecular weight excluding hydrogens is 264 g/mol. The molecule has 1 aromatic heterocycles. The van der Waals surface area contributed by atoms with Crippen LogP contribution < -0.4 is 5.43 Å². The van der Waals surface area contributed by atoms with Gasteiger partial charge in [0.25, 0.3) is 5.91 Å². The van der Waals surface area contributed by atoms with Gasteiger partial charge in [-0.1, -0.05) is 12.1 Å². The number of rotatable bonds is 3. The summed E-state index contributed by atoms with van der Waals surface area (Å²) in [6, 6.07) is 7.83. The summed E-state index contributed by atoms with van der Waals surface area (Å²) >= 11 is 0. The fourth-order valence-electron chi connectivity index (χ4n) is 2.08. The van der Waals surface area contributed by atoms with Gasteiger partial charge in [0, 0.05) is 0 Å². The maximum absolute atomic E-state index is 12.1. The van der Waals surface area contributed by atoms with Gasteiger partial charge < -0.3 is 4.42 Å². The molecule has 21 heavy (non-hydrogen) atoms. The number of nitrogens with zero attached hydrogens (tertiary/aromatic N) is 1. The Morgan fingerprint density at radius 1 is 1.10 bits per heavy atom. The number of hydrogen-bond donors (Lipinski definition) is 1. The van der Waals surface area contributed by atoms with E-state index in [9.17, 15) is 4.79 Å². The van der Waals surface area contributed by atoms with E-state index in [1.165, 1.54) is 11.1 Å². The van der Waals surface area contributed by atoms with E-state index in [0.717, 1.165) is 11.3 Å². The standard InChI is InChI=1S/C17H20N2O2/c1-10-6-7-15(8-11(10)2)13(4)18-19-17(20)16-9-12(3)21-14(16)5/h6-9H,1-5H3,(H,19,20)/b18-13+. The zero-order valence-corrected chi connectivity index (χ0v) is 13.1. The Bertz CT molecular complexity index is 712. The zero-order valence-electron chi connectivity index (χ0n) is 13.1.